The van der Waals surface area contributed by atoms with Crippen molar-refractivity contribution in [3.8, 4) is 11.7 Å². The summed E-state index contributed by atoms with van der Waals surface area (Å²) in [5.41, 5.74) is 0.971. The van der Waals surface area contributed by atoms with E-state index in [1.807, 2.05) is 6.92 Å². The number of hydrogen-bond acceptors (Lipinski definition) is 7. The molecule has 0 unspecified atom stereocenters. The van der Waals surface area contributed by atoms with E-state index in [0.29, 0.717) is 36.1 Å². The highest BCUT2D eigenvalue weighted by Crippen LogP contribution is 2.17. The molecule has 1 aliphatic rings. The second-order valence-electron chi connectivity index (χ2n) is 5.67. The maximum atomic E-state index is 12.7. The largest absolute Gasteiger partial charge is 0.479 e. The molecule has 2 aromatic heterocycles. The Kier molecular flexibility index (Phi) is 5.12. The van der Waals surface area contributed by atoms with Gasteiger partial charge in [-0.1, -0.05) is 0 Å². The summed E-state index contributed by atoms with van der Waals surface area (Å²) >= 11 is 0. The van der Waals surface area contributed by atoms with E-state index in [4.69, 9.17) is 14.6 Å². The van der Waals surface area contributed by atoms with Gasteiger partial charge in [0.25, 0.3) is 5.91 Å². The molecule has 138 valence electrons. The highest BCUT2D eigenvalue weighted by atomic mass is 16.5. The highest BCUT2D eigenvalue weighted by molar-refractivity contribution is 5.95. The number of carbonyl (C=O) groups is 2. The van der Waals surface area contributed by atoms with Gasteiger partial charge in [-0.05, 0) is 19.9 Å². The standard InChI is InChI=1S/C16H19N5O5/c1-3-25-14-5-4-13(18-19-14)21-10(2)11(8-17-21)15(22)20-6-7-26-12(9-20)16(23)24/h4-5,8,12H,3,6-7,9H2,1-2H3,(H,23,24)/t12-/m0/s1. The van der Waals surface area contributed by atoms with Crippen LogP contribution in [-0.2, 0) is 9.53 Å². The maximum Gasteiger partial charge on any atom is 0.334 e. The molecule has 3 rings (SSSR count). The third-order valence-corrected chi connectivity index (χ3v) is 4.00. The van der Waals surface area contributed by atoms with Crippen LogP contribution in [0.15, 0.2) is 18.3 Å². The van der Waals surface area contributed by atoms with Crippen LogP contribution in [-0.4, -0.2) is 74.3 Å². The van der Waals surface area contributed by atoms with Gasteiger partial charge in [0.05, 0.1) is 37.2 Å². The fraction of sp³-hybridized carbons (Fsp3) is 0.438. The lowest BCUT2D eigenvalue weighted by atomic mass is 10.2. The molecule has 2 aromatic rings. The predicted molar refractivity (Wildman–Crippen MR) is 88.3 cm³/mol. The van der Waals surface area contributed by atoms with Crippen molar-refractivity contribution in [3.63, 3.8) is 0 Å². The summed E-state index contributed by atoms with van der Waals surface area (Å²) in [6.07, 6.45) is 0.432. The molecule has 10 nitrogen and oxygen atoms in total. The Morgan fingerprint density at radius 2 is 2.19 bits per heavy atom. The fourth-order valence-corrected chi connectivity index (χ4v) is 2.65. The van der Waals surface area contributed by atoms with Gasteiger partial charge in [0.1, 0.15) is 0 Å². The number of morpholine rings is 1. The molecule has 1 aliphatic heterocycles. The van der Waals surface area contributed by atoms with E-state index in [1.165, 1.54) is 15.8 Å². The van der Waals surface area contributed by atoms with E-state index in [-0.39, 0.29) is 19.1 Å². The Balaban J connectivity index is 1.79. The minimum Gasteiger partial charge on any atom is -0.479 e. The molecule has 10 heteroatoms. The Hall–Kier alpha value is -3.01. The van der Waals surface area contributed by atoms with E-state index >= 15 is 0 Å². The summed E-state index contributed by atoms with van der Waals surface area (Å²) in [5.74, 6) is -0.512. The Bertz CT molecular complexity index is 804. The summed E-state index contributed by atoms with van der Waals surface area (Å²) in [6.45, 7) is 4.60. The predicted octanol–water partition coefficient (Wildman–Crippen LogP) is 0.295. The van der Waals surface area contributed by atoms with Crippen LogP contribution < -0.4 is 4.74 Å². The zero-order valence-electron chi connectivity index (χ0n) is 14.5. The van der Waals surface area contributed by atoms with Crippen LogP contribution in [0.2, 0.25) is 0 Å². The molecule has 1 saturated heterocycles. The van der Waals surface area contributed by atoms with Crippen LogP contribution in [0.25, 0.3) is 5.82 Å². The lowest BCUT2D eigenvalue weighted by Crippen LogP contribution is -2.48. The molecule has 3 heterocycles. The average molecular weight is 361 g/mol. The van der Waals surface area contributed by atoms with Crippen molar-refractivity contribution in [2.45, 2.75) is 20.0 Å². The number of aromatic nitrogens is 4. The third kappa shape index (κ3) is 3.49. The summed E-state index contributed by atoms with van der Waals surface area (Å²) in [7, 11) is 0. The van der Waals surface area contributed by atoms with Crippen LogP contribution >= 0.6 is 0 Å². The van der Waals surface area contributed by atoms with Gasteiger partial charge in [-0.2, -0.15) is 5.10 Å². The molecule has 1 N–H and O–H groups in total. The number of rotatable bonds is 5. The quantitative estimate of drug-likeness (QED) is 0.807. The molecule has 1 fully saturated rings. The van der Waals surface area contributed by atoms with Crippen LogP contribution in [0.1, 0.15) is 23.0 Å². The molecular weight excluding hydrogens is 342 g/mol. The van der Waals surface area contributed by atoms with Crippen molar-refractivity contribution in [1.82, 2.24) is 24.9 Å². The van der Waals surface area contributed by atoms with Gasteiger partial charge in [0.2, 0.25) is 5.88 Å². The number of carbonyl (C=O) groups excluding carboxylic acids is 1. The Labute approximate surface area is 149 Å². The monoisotopic (exact) mass is 361 g/mol. The topological polar surface area (TPSA) is 120 Å². The van der Waals surface area contributed by atoms with E-state index in [2.05, 4.69) is 15.3 Å². The van der Waals surface area contributed by atoms with Crippen molar-refractivity contribution in [1.29, 1.82) is 0 Å². The van der Waals surface area contributed by atoms with Crippen LogP contribution in [0.4, 0.5) is 0 Å². The number of carboxylic acid groups (broad SMARTS) is 1. The summed E-state index contributed by atoms with van der Waals surface area (Å²) in [6, 6.07) is 3.37. The van der Waals surface area contributed by atoms with Gasteiger partial charge in [-0.25, -0.2) is 9.48 Å². The molecule has 0 aliphatic carbocycles. The van der Waals surface area contributed by atoms with Crippen LogP contribution in [0, 0.1) is 6.92 Å². The normalized spacial score (nSPS) is 17.2. The number of ether oxygens (including phenoxy) is 2. The maximum absolute atomic E-state index is 12.7. The SMILES string of the molecule is CCOc1ccc(-n2ncc(C(=O)N3CCO[C@H](C(=O)O)C3)c2C)nn1. The molecule has 1 amide bonds. The van der Waals surface area contributed by atoms with E-state index < -0.39 is 12.1 Å². The second kappa shape index (κ2) is 7.48. The first kappa shape index (κ1) is 17.8. The zero-order valence-corrected chi connectivity index (χ0v) is 14.5. The first-order valence-electron chi connectivity index (χ1n) is 8.16. The smallest absolute Gasteiger partial charge is 0.334 e. The molecule has 0 bridgehead atoms. The number of carboxylic acids is 1. The van der Waals surface area contributed by atoms with Gasteiger partial charge < -0.3 is 19.5 Å². The van der Waals surface area contributed by atoms with Crippen molar-refractivity contribution in [2.24, 2.45) is 0 Å². The minimum absolute atomic E-state index is 0.00163. The van der Waals surface area contributed by atoms with Crippen molar-refractivity contribution < 1.29 is 24.2 Å². The van der Waals surface area contributed by atoms with Gasteiger partial charge in [-0.3, -0.25) is 4.79 Å². The first-order chi connectivity index (χ1) is 12.5. The van der Waals surface area contributed by atoms with E-state index in [1.54, 1.807) is 19.1 Å². The molecule has 0 spiro atoms. The number of aliphatic carboxylic acids is 1. The summed E-state index contributed by atoms with van der Waals surface area (Å²) in [4.78, 5) is 25.3. The van der Waals surface area contributed by atoms with E-state index in [9.17, 15) is 9.59 Å². The number of hydrogen-bond donors (Lipinski definition) is 1. The van der Waals surface area contributed by atoms with Crippen LogP contribution in [0.3, 0.4) is 0 Å². The Morgan fingerprint density at radius 1 is 1.38 bits per heavy atom. The molecule has 0 radical (unpaired) electrons. The second-order valence-corrected chi connectivity index (χ2v) is 5.67. The lowest BCUT2D eigenvalue weighted by molar-refractivity contribution is -0.154. The van der Waals surface area contributed by atoms with Crippen molar-refractivity contribution in [2.75, 3.05) is 26.3 Å². The van der Waals surface area contributed by atoms with Gasteiger partial charge in [-0.15, -0.1) is 10.2 Å². The fourth-order valence-electron chi connectivity index (χ4n) is 2.65. The lowest BCUT2D eigenvalue weighted by Gasteiger charge is -2.30. The van der Waals surface area contributed by atoms with E-state index in [0.717, 1.165) is 0 Å². The van der Waals surface area contributed by atoms with Gasteiger partial charge in [0.15, 0.2) is 11.9 Å². The Morgan fingerprint density at radius 3 is 2.85 bits per heavy atom. The first-order valence-corrected chi connectivity index (χ1v) is 8.16. The molecular formula is C16H19N5O5. The van der Waals surface area contributed by atoms with Crippen molar-refractivity contribution >= 4 is 11.9 Å². The molecule has 26 heavy (non-hydrogen) atoms. The molecule has 0 saturated carbocycles. The molecule has 1 atom stereocenters. The summed E-state index contributed by atoms with van der Waals surface area (Å²) in [5, 5.41) is 21.3. The van der Waals surface area contributed by atoms with Crippen molar-refractivity contribution in [3.05, 3.63) is 29.6 Å². The minimum atomic E-state index is -1.08. The zero-order chi connectivity index (χ0) is 18.7. The van der Waals surface area contributed by atoms with Gasteiger partial charge in [0, 0.05) is 12.6 Å². The number of nitrogens with zero attached hydrogens (tertiary/aromatic N) is 5. The van der Waals surface area contributed by atoms with Crippen LogP contribution in [0.5, 0.6) is 5.88 Å². The summed E-state index contributed by atoms with van der Waals surface area (Å²) < 4.78 is 11.9. The molecule has 0 aromatic carbocycles. The average Bonchev–Trinajstić information content (AvgIpc) is 3.03. The highest BCUT2D eigenvalue weighted by Gasteiger charge is 2.31. The number of amides is 1. The third-order valence-electron chi connectivity index (χ3n) is 4.00. The van der Waals surface area contributed by atoms with Gasteiger partial charge >= 0.3 is 5.97 Å².